The zero-order valence-corrected chi connectivity index (χ0v) is 11.9. The van der Waals surface area contributed by atoms with Crippen molar-refractivity contribution in [1.82, 2.24) is 10.2 Å². The van der Waals surface area contributed by atoms with Gasteiger partial charge in [-0.05, 0) is 24.3 Å². The Labute approximate surface area is 115 Å². The molecule has 2 heterocycles. The summed E-state index contributed by atoms with van der Waals surface area (Å²) in [5.41, 5.74) is 0.972. The third-order valence-electron chi connectivity index (χ3n) is 3.42. The van der Waals surface area contributed by atoms with E-state index in [1.165, 1.54) is 5.39 Å². The molecule has 0 spiro atoms. The molecule has 0 saturated carbocycles. The van der Waals surface area contributed by atoms with Gasteiger partial charge in [-0.3, -0.25) is 0 Å². The molecule has 1 aliphatic heterocycles. The average Bonchev–Trinajstić information content (AvgIpc) is 2.79. The molecule has 1 N–H and O–H groups in total. The van der Waals surface area contributed by atoms with Crippen LogP contribution >= 0.6 is 15.9 Å². The molecule has 1 aromatic carbocycles. The maximum Gasteiger partial charge on any atom is 0.135 e. The lowest BCUT2D eigenvalue weighted by Crippen LogP contribution is -2.44. The van der Waals surface area contributed by atoms with Gasteiger partial charge in [0.25, 0.3) is 0 Å². The Hall–Kier alpha value is -0.840. The molecule has 3 nitrogen and oxygen atoms in total. The van der Waals surface area contributed by atoms with Crippen molar-refractivity contribution in [2.45, 2.75) is 6.42 Å². The summed E-state index contributed by atoms with van der Waals surface area (Å²) in [7, 11) is 0. The van der Waals surface area contributed by atoms with Crippen molar-refractivity contribution in [3.05, 3.63) is 34.5 Å². The summed E-state index contributed by atoms with van der Waals surface area (Å²) in [6.07, 6.45) is 0.992. The molecular weight excluding hydrogens is 292 g/mol. The fourth-order valence-corrected chi connectivity index (χ4v) is 2.73. The average molecular weight is 309 g/mol. The maximum absolute atomic E-state index is 5.87. The van der Waals surface area contributed by atoms with Gasteiger partial charge in [0.05, 0.1) is 0 Å². The van der Waals surface area contributed by atoms with Gasteiger partial charge in [-0.25, -0.2) is 0 Å². The van der Waals surface area contributed by atoms with Gasteiger partial charge < -0.3 is 14.6 Å². The van der Waals surface area contributed by atoms with E-state index in [1.807, 2.05) is 6.07 Å². The lowest BCUT2D eigenvalue weighted by atomic mass is 10.2. The second-order valence-corrected chi connectivity index (χ2v) is 5.65. The quantitative estimate of drug-likeness (QED) is 0.945. The van der Waals surface area contributed by atoms with Gasteiger partial charge in [-0.15, -0.1) is 0 Å². The third-order valence-corrected chi connectivity index (χ3v) is 3.91. The number of nitrogens with one attached hydrogen (secondary N) is 1. The summed E-state index contributed by atoms with van der Waals surface area (Å²) < 4.78 is 6.94. The summed E-state index contributed by atoms with van der Waals surface area (Å²) in [6, 6.07) is 8.34. The number of hydrogen-bond donors (Lipinski definition) is 1. The molecule has 96 valence electrons. The summed E-state index contributed by atoms with van der Waals surface area (Å²) in [6.45, 7) is 5.58. The summed E-state index contributed by atoms with van der Waals surface area (Å²) in [4.78, 5) is 2.49. The molecule has 0 radical (unpaired) electrons. The monoisotopic (exact) mass is 308 g/mol. The van der Waals surface area contributed by atoms with Crippen LogP contribution < -0.4 is 5.32 Å². The number of furan rings is 1. The number of benzene rings is 1. The molecule has 1 aliphatic rings. The topological polar surface area (TPSA) is 28.4 Å². The van der Waals surface area contributed by atoms with Crippen LogP contribution in [0.4, 0.5) is 0 Å². The minimum Gasteiger partial charge on any atom is -0.461 e. The number of halogens is 1. The van der Waals surface area contributed by atoms with E-state index in [1.54, 1.807) is 0 Å². The van der Waals surface area contributed by atoms with Crippen molar-refractivity contribution in [1.29, 1.82) is 0 Å². The number of hydrogen-bond acceptors (Lipinski definition) is 3. The van der Waals surface area contributed by atoms with Gasteiger partial charge in [-0.2, -0.15) is 0 Å². The molecule has 3 rings (SSSR count). The van der Waals surface area contributed by atoms with Gasteiger partial charge >= 0.3 is 0 Å². The normalized spacial score (nSPS) is 17.4. The van der Waals surface area contributed by atoms with E-state index in [0.29, 0.717) is 0 Å². The fourth-order valence-electron chi connectivity index (χ4n) is 2.39. The molecule has 18 heavy (non-hydrogen) atoms. The van der Waals surface area contributed by atoms with Crippen LogP contribution in [-0.4, -0.2) is 37.6 Å². The van der Waals surface area contributed by atoms with Gasteiger partial charge in [0.1, 0.15) is 11.3 Å². The molecule has 0 unspecified atom stereocenters. The Morgan fingerprint density at radius 3 is 2.89 bits per heavy atom. The Morgan fingerprint density at radius 2 is 2.06 bits per heavy atom. The predicted octanol–water partition coefficient (Wildman–Crippen LogP) is 2.64. The summed E-state index contributed by atoms with van der Waals surface area (Å²) in [5.74, 6) is 1.08. The molecule has 0 aliphatic carbocycles. The Kier molecular flexibility index (Phi) is 3.68. The van der Waals surface area contributed by atoms with Crippen molar-refractivity contribution in [2.24, 2.45) is 0 Å². The van der Waals surface area contributed by atoms with Crippen LogP contribution in [0.2, 0.25) is 0 Å². The number of nitrogens with zero attached hydrogens (tertiary/aromatic N) is 1. The lowest BCUT2D eigenvalue weighted by molar-refractivity contribution is 0.239. The molecule has 4 heteroatoms. The molecule has 1 aromatic heterocycles. The molecule has 0 amide bonds. The van der Waals surface area contributed by atoms with Crippen LogP contribution in [0.25, 0.3) is 11.0 Å². The lowest BCUT2D eigenvalue weighted by Gasteiger charge is -2.26. The maximum atomic E-state index is 5.87. The van der Waals surface area contributed by atoms with Crippen LogP contribution in [0, 0.1) is 0 Å². The second kappa shape index (κ2) is 5.43. The highest BCUT2D eigenvalue weighted by Crippen LogP contribution is 2.23. The van der Waals surface area contributed by atoms with Crippen molar-refractivity contribution in [2.75, 3.05) is 32.7 Å². The minimum atomic E-state index is 0.972. The summed E-state index contributed by atoms with van der Waals surface area (Å²) in [5, 5.41) is 4.56. The van der Waals surface area contributed by atoms with Crippen molar-refractivity contribution in [3.63, 3.8) is 0 Å². The zero-order chi connectivity index (χ0) is 12.4. The van der Waals surface area contributed by atoms with E-state index < -0.39 is 0 Å². The number of piperazine rings is 1. The molecule has 0 bridgehead atoms. The standard InChI is InChI=1S/C14H17BrN2O/c15-12-2-1-11-9-13(18-14(11)10-12)3-6-17-7-4-16-5-8-17/h1-2,9-10,16H,3-8H2. The van der Waals surface area contributed by atoms with E-state index in [9.17, 15) is 0 Å². The first-order chi connectivity index (χ1) is 8.81. The van der Waals surface area contributed by atoms with Crippen molar-refractivity contribution >= 4 is 26.9 Å². The summed E-state index contributed by atoms with van der Waals surface area (Å²) >= 11 is 3.47. The van der Waals surface area contributed by atoms with E-state index in [0.717, 1.165) is 55.0 Å². The van der Waals surface area contributed by atoms with E-state index in [4.69, 9.17) is 4.42 Å². The van der Waals surface area contributed by atoms with E-state index >= 15 is 0 Å². The largest absolute Gasteiger partial charge is 0.461 e. The first kappa shape index (κ1) is 12.2. The van der Waals surface area contributed by atoms with E-state index in [2.05, 4.69) is 44.3 Å². The Bertz CT molecular complexity index is 532. The van der Waals surface area contributed by atoms with Crippen LogP contribution in [0.15, 0.2) is 33.2 Å². The highest BCUT2D eigenvalue weighted by atomic mass is 79.9. The molecular formula is C14H17BrN2O. The van der Waals surface area contributed by atoms with Gasteiger partial charge in [-0.1, -0.05) is 15.9 Å². The first-order valence-electron chi connectivity index (χ1n) is 6.42. The molecule has 1 saturated heterocycles. The van der Waals surface area contributed by atoms with Crippen LogP contribution in [-0.2, 0) is 6.42 Å². The molecule has 1 fully saturated rings. The Balaban J connectivity index is 1.67. The fraction of sp³-hybridized carbons (Fsp3) is 0.429. The van der Waals surface area contributed by atoms with E-state index in [-0.39, 0.29) is 0 Å². The number of rotatable bonds is 3. The van der Waals surface area contributed by atoms with Crippen LogP contribution in [0.1, 0.15) is 5.76 Å². The third kappa shape index (κ3) is 2.76. The van der Waals surface area contributed by atoms with Gasteiger partial charge in [0.2, 0.25) is 0 Å². The zero-order valence-electron chi connectivity index (χ0n) is 10.3. The second-order valence-electron chi connectivity index (χ2n) is 4.74. The first-order valence-corrected chi connectivity index (χ1v) is 7.21. The predicted molar refractivity (Wildman–Crippen MR) is 76.9 cm³/mol. The highest BCUT2D eigenvalue weighted by Gasteiger charge is 2.10. The van der Waals surface area contributed by atoms with Gasteiger partial charge in [0, 0.05) is 49.0 Å². The highest BCUT2D eigenvalue weighted by molar-refractivity contribution is 9.10. The van der Waals surface area contributed by atoms with Crippen LogP contribution in [0.5, 0.6) is 0 Å². The number of fused-ring (bicyclic) bond motifs is 1. The smallest absolute Gasteiger partial charge is 0.135 e. The van der Waals surface area contributed by atoms with Crippen molar-refractivity contribution < 1.29 is 4.42 Å². The Morgan fingerprint density at radius 1 is 1.22 bits per heavy atom. The van der Waals surface area contributed by atoms with Crippen LogP contribution in [0.3, 0.4) is 0 Å². The molecule has 2 aromatic rings. The SMILES string of the molecule is Brc1ccc2cc(CCN3CCNCC3)oc2c1. The van der Waals surface area contributed by atoms with Gasteiger partial charge in [0.15, 0.2) is 0 Å². The minimum absolute atomic E-state index is 0.972. The van der Waals surface area contributed by atoms with Crippen molar-refractivity contribution in [3.8, 4) is 0 Å². The molecule has 0 atom stereocenters.